The van der Waals surface area contributed by atoms with E-state index in [1.165, 1.54) is 17.0 Å². The van der Waals surface area contributed by atoms with Crippen molar-refractivity contribution < 1.29 is 19.6 Å². The first-order valence-electron chi connectivity index (χ1n) is 5.29. The summed E-state index contributed by atoms with van der Waals surface area (Å²) in [6, 6.07) is 4.19. The number of nitrogens with zero attached hydrogens (tertiary/aromatic N) is 2. The summed E-state index contributed by atoms with van der Waals surface area (Å²) in [6.07, 6.45) is 0. The number of rotatable bonds is 6. The average molecular weight is 254 g/mol. The fourth-order valence-corrected chi connectivity index (χ4v) is 1.44. The second kappa shape index (κ2) is 5.85. The molecule has 0 aromatic heterocycles. The molecule has 1 N–H and O–H groups in total. The molecule has 0 aliphatic rings. The van der Waals surface area contributed by atoms with Crippen LogP contribution in [0.1, 0.15) is 6.92 Å². The van der Waals surface area contributed by atoms with Gasteiger partial charge in [-0.2, -0.15) is 0 Å². The highest BCUT2D eigenvalue weighted by Crippen LogP contribution is 2.27. The maximum atomic E-state index is 10.8. The highest BCUT2D eigenvalue weighted by molar-refractivity contribution is 5.74. The van der Waals surface area contributed by atoms with Gasteiger partial charge < -0.3 is 14.7 Å². The molecule has 0 bridgehead atoms. The Balaban J connectivity index is 3.09. The van der Waals surface area contributed by atoms with Gasteiger partial charge in [-0.25, -0.2) is 0 Å². The number of non-ortho nitro benzene ring substituents is 1. The summed E-state index contributed by atoms with van der Waals surface area (Å²) >= 11 is 0. The zero-order valence-corrected chi connectivity index (χ0v) is 10.1. The fourth-order valence-electron chi connectivity index (χ4n) is 1.44. The summed E-state index contributed by atoms with van der Waals surface area (Å²) in [5, 5.41) is 19.5. The molecule has 7 heteroatoms. The SMILES string of the molecule is CCOc1cc(N(C)CC(=O)O)cc([N+](=O)[O-])c1. The summed E-state index contributed by atoms with van der Waals surface area (Å²) in [4.78, 5) is 22.2. The Morgan fingerprint density at radius 3 is 2.67 bits per heavy atom. The van der Waals surface area contributed by atoms with Crippen LogP contribution in [0, 0.1) is 10.1 Å². The number of carboxylic acids is 1. The van der Waals surface area contributed by atoms with Gasteiger partial charge in [-0.1, -0.05) is 0 Å². The van der Waals surface area contributed by atoms with Gasteiger partial charge >= 0.3 is 5.97 Å². The van der Waals surface area contributed by atoms with E-state index >= 15 is 0 Å². The first-order chi connectivity index (χ1) is 8.43. The molecule has 0 radical (unpaired) electrons. The number of hydrogen-bond acceptors (Lipinski definition) is 5. The Morgan fingerprint density at radius 2 is 2.17 bits per heavy atom. The molecule has 1 aromatic carbocycles. The van der Waals surface area contributed by atoms with E-state index < -0.39 is 10.9 Å². The lowest BCUT2D eigenvalue weighted by Crippen LogP contribution is -2.25. The van der Waals surface area contributed by atoms with Crippen LogP contribution < -0.4 is 9.64 Å². The molecule has 0 saturated heterocycles. The van der Waals surface area contributed by atoms with E-state index in [1.807, 2.05) is 0 Å². The first kappa shape index (κ1) is 13.8. The van der Waals surface area contributed by atoms with E-state index in [2.05, 4.69) is 0 Å². The number of benzene rings is 1. The van der Waals surface area contributed by atoms with Gasteiger partial charge in [0, 0.05) is 24.9 Å². The van der Waals surface area contributed by atoms with E-state index in [1.54, 1.807) is 20.0 Å². The topological polar surface area (TPSA) is 92.9 Å². The fraction of sp³-hybridized carbons (Fsp3) is 0.364. The van der Waals surface area contributed by atoms with E-state index in [-0.39, 0.29) is 12.2 Å². The lowest BCUT2D eigenvalue weighted by molar-refractivity contribution is -0.384. The molecule has 0 aliphatic carbocycles. The molecule has 98 valence electrons. The van der Waals surface area contributed by atoms with Gasteiger partial charge in [0.05, 0.1) is 17.6 Å². The van der Waals surface area contributed by atoms with Gasteiger partial charge in [0.2, 0.25) is 0 Å². The van der Waals surface area contributed by atoms with Gasteiger partial charge in [-0.05, 0) is 6.92 Å². The van der Waals surface area contributed by atoms with Crippen LogP contribution in [0.4, 0.5) is 11.4 Å². The predicted molar refractivity (Wildman–Crippen MR) is 65.2 cm³/mol. The largest absolute Gasteiger partial charge is 0.494 e. The van der Waals surface area contributed by atoms with Gasteiger partial charge in [0.15, 0.2) is 0 Å². The third-order valence-corrected chi connectivity index (χ3v) is 2.21. The van der Waals surface area contributed by atoms with Crippen molar-refractivity contribution in [3.8, 4) is 5.75 Å². The molecule has 0 saturated carbocycles. The molecule has 1 rings (SSSR count). The van der Waals surface area contributed by atoms with Gasteiger partial charge in [-0.15, -0.1) is 0 Å². The number of ether oxygens (including phenoxy) is 1. The Hall–Kier alpha value is -2.31. The van der Waals surface area contributed by atoms with Crippen LogP contribution in [0.2, 0.25) is 0 Å². The molecule has 1 aromatic rings. The molecule has 0 unspecified atom stereocenters. The first-order valence-corrected chi connectivity index (χ1v) is 5.29. The van der Waals surface area contributed by atoms with Crippen LogP contribution >= 0.6 is 0 Å². The van der Waals surface area contributed by atoms with Crippen molar-refractivity contribution in [2.24, 2.45) is 0 Å². The second-order valence-electron chi connectivity index (χ2n) is 3.63. The molecule has 0 amide bonds. The number of aliphatic carboxylic acids is 1. The standard InChI is InChI=1S/C11H14N2O5/c1-3-18-10-5-8(12(2)7-11(14)15)4-9(6-10)13(16)17/h4-6H,3,7H2,1-2H3,(H,14,15). The summed E-state index contributed by atoms with van der Waals surface area (Å²) in [5.74, 6) is -0.666. The minimum Gasteiger partial charge on any atom is -0.494 e. The number of hydrogen-bond donors (Lipinski definition) is 1. The van der Waals surface area contributed by atoms with Crippen LogP contribution in [0.5, 0.6) is 5.75 Å². The summed E-state index contributed by atoms with van der Waals surface area (Å²) < 4.78 is 5.21. The molecular formula is C11H14N2O5. The summed E-state index contributed by atoms with van der Waals surface area (Å²) in [5.41, 5.74) is 0.295. The maximum absolute atomic E-state index is 10.8. The smallest absolute Gasteiger partial charge is 0.323 e. The Kier molecular flexibility index (Phi) is 4.47. The van der Waals surface area contributed by atoms with Crippen molar-refractivity contribution in [2.75, 3.05) is 25.1 Å². The Morgan fingerprint density at radius 1 is 1.50 bits per heavy atom. The number of nitro benzene ring substituents is 1. The molecule has 0 spiro atoms. The zero-order valence-electron chi connectivity index (χ0n) is 10.1. The lowest BCUT2D eigenvalue weighted by atomic mass is 10.2. The van der Waals surface area contributed by atoms with Crippen molar-refractivity contribution in [1.82, 2.24) is 0 Å². The van der Waals surface area contributed by atoms with Gasteiger partial charge in [0.25, 0.3) is 5.69 Å². The Bertz CT molecular complexity index is 461. The molecule has 0 atom stereocenters. The monoisotopic (exact) mass is 254 g/mol. The van der Waals surface area contributed by atoms with Crippen LogP contribution in [-0.2, 0) is 4.79 Å². The quantitative estimate of drug-likeness (QED) is 0.611. The van der Waals surface area contributed by atoms with Gasteiger partial charge in [0.1, 0.15) is 12.3 Å². The summed E-state index contributed by atoms with van der Waals surface area (Å²) in [7, 11) is 1.54. The molecule has 0 fully saturated rings. The number of likely N-dealkylation sites (N-methyl/N-ethyl adjacent to an activating group) is 1. The third kappa shape index (κ3) is 3.62. The molecule has 18 heavy (non-hydrogen) atoms. The highest BCUT2D eigenvalue weighted by Gasteiger charge is 2.14. The molecule has 0 heterocycles. The second-order valence-corrected chi connectivity index (χ2v) is 3.63. The number of carboxylic acid groups (broad SMARTS) is 1. The van der Waals surface area contributed by atoms with E-state index in [4.69, 9.17) is 9.84 Å². The van der Waals surface area contributed by atoms with E-state index in [9.17, 15) is 14.9 Å². The van der Waals surface area contributed by atoms with Crippen molar-refractivity contribution in [3.05, 3.63) is 28.3 Å². The van der Waals surface area contributed by atoms with Crippen LogP contribution in [-0.4, -0.2) is 36.2 Å². The zero-order chi connectivity index (χ0) is 13.7. The predicted octanol–water partition coefficient (Wildman–Crippen LogP) is 1.51. The number of carbonyl (C=O) groups is 1. The van der Waals surface area contributed by atoms with Crippen molar-refractivity contribution in [1.29, 1.82) is 0 Å². The third-order valence-electron chi connectivity index (χ3n) is 2.21. The summed E-state index contributed by atoms with van der Waals surface area (Å²) in [6.45, 7) is 1.90. The molecule has 7 nitrogen and oxygen atoms in total. The normalized spacial score (nSPS) is 9.89. The van der Waals surface area contributed by atoms with Crippen LogP contribution in [0.25, 0.3) is 0 Å². The Labute approximate surface area is 104 Å². The van der Waals surface area contributed by atoms with Gasteiger partial charge in [-0.3, -0.25) is 14.9 Å². The van der Waals surface area contributed by atoms with Crippen molar-refractivity contribution in [2.45, 2.75) is 6.92 Å². The van der Waals surface area contributed by atoms with E-state index in [0.29, 0.717) is 18.0 Å². The van der Waals surface area contributed by atoms with E-state index in [0.717, 1.165) is 0 Å². The minimum atomic E-state index is -1.01. The lowest BCUT2D eigenvalue weighted by Gasteiger charge is -2.17. The number of anilines is 1. The van der Waals surface area contributed by atoms with Crippen molar-refractivity contribution >= 4 is 17.3 Å². The van der Waals surface area contributed by atoms with Crippen molar-refractivity contribution in [3.63, 3.8) is 0 Å². The highest BCUT2D eigenvalue weighted by atomic mass is 16.6. The molecule has 0 aliphatic heterocycles. The van der Waals surface area contributed by atoms with Crippen LogP contribution in [0.3, 0.4) is 0 Å². The van der Waals surface area contributed by atoms with Crippen LogP contribution in [0.15, 0.2) is 18.2 Å². The molecular weight excluding hydrogens is 240 g/mol. The minimum absolute atomic E-state index is 0.131. The number of nitro groups is 1. The maximum Gasteiger partial charge on any atom is 0.323 e. The average Bonchev–Trinajstić information content (AvgIpc) is 2.28.